The van der Waals surface area contributed by atoms with Gasteiger partial charge in [0.15, 0.2) is 0 Å². The van der Waals surface area contributed by atoms with Gasteiger partial charge in [0.25, 0.3) is 0 Å². The number of pyridine rings is 1. The molecule has 2 amide bonds. The van der Waals surface area contributed by atoms with Gasteiger partial charge in [0, 0.05) is 25.9 Å². The van der Waals surface area contributed by atoms with Crippen molar-refractivity contribution in [3.05, 3.63) is 34.6 Å². The lowest BCUT2D eigenvalue weighted by Crippen LogP contribution is -2.38. The molecule has 2 heterocycles. The molecule has 0 bridgehead atoms. The number of nitrogens with two attached hydrogens (primary N) is 1. The molecule has 19 heavy (non-hydrogen) atoms. The molecule has 0 spiro atoms. The van der Waals surface area contributed by atoms with Crippen molar-refractivity contribution in [3.8, 4) is 0 Å². The van der Waals surface area contributed by atoms with Gasteiger partial charge in [-0.05, 0) is 30.0 Å². The van der Waals surface area contributed by atoms with Gasteiger partial charge in [0.2, 0.25) is 0 Å². The third kappa shape index (κ3) is 3.24. The van der Waals surface area contributed by atoms with Crippen molar-refractivity contribution in [2.45, 2.75) is 12.8 Å². The molecule has 0 aromatic carbocycles. The second-order valence-electron chi connectivity index (χ2n) is 4.41. The van der Waals surface area contributed by atoms with E-state index in [1.54, 1.807) is 11.1 Å². The Morgan fingerprint density at radius 1 is 1.58 bits per heavy atom. The van der Waals surface area contributed by atoms with Crippen molar-refractivity contribution < 1.29 is 9.90 Å². The van der Waals surface area contributed by atoms with Gasteiger partial charge in [0.05, 0.1) is 10.7 Å². The Balaban J connectivity index is 2.17. The summed E-state index contributed by atoms with van der Waals surface area (Å²) >= 11 is 6.21. The van der Waals surface area contributed by atoms with E-state index in [1.165, 1.54) is 0 Å². The van der Waals surface area contributed by atoms with E-state index in [0.29, 0.717) is 31.0 Å². The van der Waals surface area contributed by atoms with Crippen LogP contribution < -0.4 is 5.73 Å². The lowest BCUT2D eigenvalue weighted by atomic mass is 10.0. The summed E-state index contributed by atoms with van der Waals surface area (Å²) < 4.78 is 0. The zero-order valence-electron chi connectivity index (χ0n) is 10.5. The summed E-state index contributed by atoms with van der Waals surface area (Å²) in [5.41, 5.74) is 7.90. The van der Waals surface area contributed by atoms with Gasteiger partial charge in [-0.15, -0.1) is 0 Å². The van der Waals surface area contributed by atoms with E-state index in [4.69, 9.17) is 22.4 Å². The Hall–Kier alpha value is -1.59. The Bertz CT molecular complexity index is 517. The number of hydrogen-bond acceptors (Lipinski definition) is 3. The van der Waals surface area contributed by atoms with E-state index in [2.05, 4.69) is 4.98 Å². The fourth-order valence-corrected chi connectivity index (χ4v) is 2.37. The van der Waals surface area contributed by atoms with E-state index in [-0.39, 0.29) is 6.61 Å². The summed E-state index contributed by atoms with van der Waals surface area (Å²) in [6.07, 6.45) is 4.88. The average molecular weight is 282 g/mol. The Kier molecular flexibility index (Phi) is 4.39. The maximum atomic E-state index is 11.0. The van der Waals surface area contributed by atoms with E-state index in [0.717, 1.165) is 16.8 Å². The van der Waals surface area contributed by atoms with Crippen LogP contribution >= 0.6 is 11.6 Å². The van der Waals surface area contributed by atoms with Crippen LogP contribution in [-0.2, 0) is 6.42 Å². The molecular weight excluding hydrogens is 266 g/mol. The SMILES string of the molecule is NC(=O)N1CC=C(c2ncc(CCO)cc2Cl)CC1. The van der Waals surface area contributed by atoms with Crippen molar-refractivity contribution >= 4 is 23.2 Å². The molecule has 0 saturated carbocycles. The van der Waals surface area contributed by atoms with Crippen LogP contribution in [-0.4, -0.2) is 40.7 Å². The predicted molar refractivity (Wildman–Crippen MR) is 73.8 cm³/mol. The lowest BCUT2D eigenvalue weighted by molar-refractivity contribution is 0.213. The maximum Gasteiger partial charge on any atom is 0.315 e. The number of hydrogen-bond donors (Lipinski definition) is 2. The van der Waals surface area contributed by atoms with Crippen molar-refractivity contribution in [1.29, 1.82) is 0 Å². The zero-order valence-corrected chi connectivity index (χ0v) is 11.2. The molecule has 0 saturated heterocycles. The second kappa shape index (κ2) is 6.04. The van der Waals surface area contributed by atoms with Crippen LogP contribution in [0.3, 0.4) is 0 Å². The van der Waals surface area contributed by atoms with Gasteiger partial charge in [-0.1, -0.05) is 17.7 Å². The summed E-state index contributed by atoms with van der Waals surface area (Å²) in [6.45, 7) is 1.15. The molecule has 1 aliphatic heterocycles. The number of aliphatic hydroxyl groups is 1. The van der Waals surface area contributed by atoms with Gasteiger partial charge < -0.3 is 15.7 Å². The van der Waals surface area contributed by atoms with Crippen LogP contribution in [0.25, 0.3) is 5.57 Å². The molecule has 1 aromatic rings. The normalized spacial score (nSPS) is 15.3. The van der Waals surface area contributed by atoms with Crippen molar-refractivity contribution in [1.82, 2.24) is 9.88 Å². The standard InChI is InChI=1S/C13H16ClN3O2/c14-11-7-9(3-6-18)8-16-12(11)10-1-4-17(5-2-10)13(15)19/h1,7-8,18H,2-6H2,(H2,15,19). The molecule has 0 aliphatic carbocycles. The fraction of sp³-hybridized carbons (Fsp3) is 0.385. The second-order valence-corrected chi connectivity index (χ2v) is 4.82. The molecule has 0 fully saturated rings. The lowest BCUT2D eigenvalue weighted by Gasteiger charge is -2.24. The number of carbonyl (C=O) groups excluding carboxylic acids is 1. The molecule has 0 radical (unpaired) electrons. The minimum Gasteiger partial charge on any atom is -0.396 e. The maximum absolute atomic E-state index is 11.0. The van der Waals surface area contributed by atoms with Crippen LogP contribution in [0.2, 0.25) is 5.02 Å². The molecule has 1 aromatic heterocycles. The number of nitrogens with zero attached hydrogens (tertiary/aromatic N) is 2. The monoisotopic (exact) mass is 281 g/mol. The first-order valence-corrected chi connectivity index (χ1v) is 6.48. The topological polar surface area (TPSA) is 79.5 Å². The van der Waals surface area contributed by atoms with Gasteiger partial charge in [-0.2, -0.15) is 0 Å². The highest BCUT2D eigenvalue weighted by atomic mass is 35.5. The summed E-state index contributed by atoms with van der Waals surface area (Å²) in [4.78, 5) is 16.9. The van der Waals surface area contributed by atoms with E-state index < -0.39 is 6.03 Å². The number of aliphatic hydroxyl groups excluding tert-OH is 1. The zero-order chi connectivity index (χ0) is 13.8. The van der Waals surface area contributed by atoms with Crippen LogP contribution in [0.4, 0.5) is 4.79 Å². The molecule has 3 N–H and O–H groups in total. The van der Waals surface area contributed by atoms with Crippen molar-refractivity contribution in [2.24, 2.45) is 5.73 Å². The summed E-state index contributed by atoms with van der Waals surface area (Å²) in [6, 6.07) is 1.41. The smallest absolute Gasteiger partial charge is 0.315 e. The number of rotatable bonds is 3. The summed E-state index contributed by atoms with van der Waals surface area (Å²) in [5.74, 6) is 0. The van der Waals surface area contributed by atoms with Gasteiger partial charge in [-0.25, -0.2) is 4.79 Å². The molecule has 1 aliphatic rings. The molecule has 2 rings (SSSR count). The van der Waals surface area contributed by atoms with Crippen LogP contribution in [0.5, 0.6) is 0 Å². The Morgan fingerprint density at radius 3 is 2.89 bits per heavy atom. The van der Waals surface area contributed by atoms with E-state index >= 15 is 0 Å². The molecule has 0 atom stereocenters. The van der Waals surface area contributed by atoms with Gasteiger partial charge >= 0.3 is 6.03 Å². The largest absolute Gasteiger partial charge is 0.396 e. The molecule has 102 valence electrons. The van der Waals surface area contributed by atoms with E-state index in [9.17, 15) is 4.79 Å². The first kappa shape index (κ1) is 13.8. The number of carbonyl (C=O) groups is 1. The van der Waals surface area contributed by atoms with Crippen LogP contribution in [0, 0.1) is 0 Å². The van der Waals surface area contributed by atoms with Crippen molar-refractivity contribution in [2.75, 3.05) is 19.7 Å². The third-order valence-electron chi connectivity index (χ3n) is 3.12. The number of urea groups is 1. The summed E-state index contributed by atoms with van der Waals surface area (Å²) in [7, 11) is 0. The average Bonchev–Trinajstić information content (AvgIpc) is 2.39. The third-order valence-corrected chi connectivity index (χ3v) is 3.41. The van der Waals surface area contributed by atoms with Crippen LogP contribution in [0.1, 0.15) is 17.7 Å². The van der Waals surface area contributed by atoms with Gasteiger partial charge in [-0.3, -0.25) is 4.98 Å². The molecule has 6 heteroatoms. The molecular formula is C13H16ClN3O2. The van der Waals surface area contributed by atoms with Gasteiger partial charge in [0.1, 0.15) is 0 Å². The number of primary amides is 1. The molecule has 0 unspecified atom stereocenters. The fourth-order valence-electron chi connectivity index (χ4n) is 2.06. The number of amides is 2. The Labute approximate surface area is 116 Å². The van der Waals surface area contributed by atoms with Crippen LogP contribution in [0.15, 0.2) is 18.3 Å². The van der Waals surface area contributed by atoms with E-state index in [1.807, 2.05) is 12.1 Å². The number of halogens is 1. The number of aromatic nitrogens is 1. The van der Waals surface area contributed by atoms with Crippen molar-refractivity contribution in [3.63, 3.8) is 0 Å². The molecule has 5 nitrogen and oxygen atoms in total. The quantitative estimate of drug-likeness (QED) is 0.880. The minimum atomic E-state index is -0.410. The first-order chi connectivity index (χ1) is 9.11. The predicted octanol–water partition coefficient (Wildman–Crippen LogP) is 1.44. The first-order valence-electron chi connectivity index (χ1n) is 6.11. The summed E-state index contributed by atoms with van der Waals surface area (Å²) in [5, 5.41) is 9.45. The Morgan fingerprint density at radius 2 is 2.37 bits per heavy atom. The highest BCUT2D eigenvalue weighted by molar-refractivity contribution is 6.32. The minimum absolute atomic E-state index is 0.0770. The highest BCUT2D eigenvalue weighted by Gasteiger charge is 2.17. The highest BCUT2D eigenvalue weighted by Crippen LogP contribution is 2.27.